The predicted molar refractivity (Wildman–Crippen MR) is 83.8 cm³/mol. The predicted octanol–water partition coefficient (Wildman–Crippen LogP) is 4.65. The molecule has 106 valence electrons. The second-order valence-electron chi connectivity index (χ2n) is 6.79. The van der Waals surface area contributed by atoms with Gasteiger partial charge in [-0.3, -0.25) is 0 Å². The summed E-state index contributed by atoms with van der Waals surface area (Å²) in [5, 5.41) is 0. The van der Waals surface area contributed by atoms with Crippen LogP contribution in [0.4, 0.5) is 0 Å². The van der Waals surface area contributed by atoms with E-state index in [1.54, 1.807) is 5.56 Å². The van der Waals surface area contributed by atoms with Crippen LogP contribution in [0.1, 0.15) is 63.5 Å². The molecule has 1 aromatic rings. The monoisotopic (exact) mass is 259 g/mol. The lowest BCUT2D eigenvalue weighted by atomic mass is 9.88. The van der Waals surface area contributed by atoms with E-state index in [9.17, 15) is 0 Å². The molecular formula is C18H29N. The van der Waals surface area contributed by atoms with Crippen LogP contribution in [0.15, 0.2) is 24.3 Å². The molecule has 0 bridgehead atoms. The molecule has 0 radical (unpaired) electrons. The van der Waals surface area contributed by atoms with Crippen molar-refractivity contribution in [1.29, 1.82) is 0 Å². The molecular weight excluding hydrogens is 230 g/mol. The normalized spacial score (nSPS) is 18.4. The molecule has 1 heteroatoms. The van der Waals surface area contributed by atoms with Crippen molar-refractivity contribution in [2.24, 2.45) is 5.92 Å². The number of benzene rings is 1. The summed E-state index contributed by atoms with van der Waals surface area (Å²) in [4.78, 5) is 2.63. The van der Waals surface area contributed by atoms with Gasteiger partial charge in [0.15, 0.2) is 0 Å². The standard InChI is InChI=1S/C18H29N/c1-14(2)13-19-11-9-18(10-12-19)17-7-5-16(6-8-17)15(3)4/h5-8,14-15,18H,9-13H2,1-4H3. The van der Waals surface area contributed by atoms with E-state index in [2.05, 4.69) is 56.9 Å². The van der Waals surface area contributed by atoms with Crippen LogP contribution in [-0.2, 0) is 0 Å². The first kappa shape index (κ1) is 14.6. The van der Waals surface area contributed by atoms with Crippen molar-refractivity contribution >= 4 is 0 Å². The van der Waals surface area contributed by atoms with Crippen LogP contribution in [0, 0.1) is 5.92 Å². The minimum Gasteiger partial charge on any atom is -0.303 e. The summed E-state index contributed by atoms with van der Waals surface area (Å²) in [6.45, 7) is 13.0. The third-order valence-electron chi connectivity index (χ3n) is 4.29. The van der Waals surface area contributed by atoms with Crippen molar-refractivity contribution in [3.05, 3.63) is 35.4 Å². The SMILES string of the molecule is CC(C)CN1CCC(c2ccc(C(C)C)cc2)CC1. The summed E-state index contributed by atoms with van der Waals surface area (Å²) in [6.07, 6.45) is 2.65. The molecule has 2 rings (SSSR count). The van der Waals surface area contributed by atoms with Gasteiger partial charge in [-0.25, -0.2) is 0 Å². The van der Waals surface area contributed by atoms with Crippen molar-refractivity contribution in [2.45, 2.75) is 52.4 Å². The Labute approximate surface area is 119 Å². The van der Waals surface area contributed by atoms with Gasteiger partial charge in [-0.15, -0.1) is 0 Å². The van der Waals surface area contributed by atoms with Crippen LogP contribution in [0.3, 0.4) is 0 Å². The zero-order chi connectivity index (χ0) is 13.8. The van der Waals surface area contributed by atoms with Crippen molar-refractivity contribution in [3.63, 3.8) is 0 Å². The van der Waals surface area contributed by atoms with Gasteiger partial charge in [-0.2, -0.15) is 0 Å². The number of piperidine rings is 1. The second-order valence-corrected chi connectivity index (χ2v) is 6.79. The Bertz CT molecular complexity index is 369. The largest absolute Gasteiger partial charge is 0.303 e. The molecule has 19 heavy (non-hydrogen) atoms. The quantitative estimate of drug-likeness (QED) is 0.761. The van der Waals surface area contributed by atoms with Crippen LogP contribution >= 0.6 is 0 Å². The minimum atomic E-state index is 0.641. The maximum absolute atomic E-state index is 2.63. The molecule has 1 aliphatic rings. The molecule has 0 aliphatic carbocycles. The van der Waals surface area contributed by atoms with Crippen LogP contribution in [-0.4, -0.2) is 24.5 Å². The maximum Gasteiger partial charge on any atom is 0.000439 e. The van der Waals surface area contributed by atoms with E-state index in [0.717, 1.165) is 11.8 Å². The Hall–Kier alpha value is -0.820. The highest BCUT2D eigenvalue weighted by molar-refractivity contribution is 5.27. The van der Waals surface area contributed by atoms with Gasteiger partial charge in [-0.05, 0) is 54.8 Å². The lowest BCUT2D eigenvalue weighted by molar-refractivity contribution is 0.192. The molecule has 1 fully saturated rings. The number of rotatable bonds is 4. The third kappa shape index (κ3) is 4.07. The molecule has 1 nitrogen and oxygen atoms in total. The summed E-state index contributed by atoms with van der Waals surface area (Å²) < 4.78 is 0. The average molecular weight is 259 g/mol. The molecule has 1 saturated heterocycles. The van der Waals surface area contributed by atoms with Gasteiger partial charge in [-0.1, -0.05) is 52.0 Å². The summed E-state index contributed by atoms with van der Waals surface area (Å²) in [5.74, 6) is 2.22. The van der Waals surface area contributed by atoms with Crippen LogP contribution in [0.25, 0.3) is 0 Å². The van der Waals surface area contributed by atoms with Gasteiger partial charge in [0.05, 0.1) is 0 Å². The topological polar surface area (TPSA) is 3.24 Å². The van der Waals surface area contributed by atoms with E-state index < -0.39 is 0 Å². The summed E-state index contributed by atoms with van der Waals surface area (Å²) in [6, 6.07) is 9.36. The molecule has 1 heterocycles. The van der Waals surface area contributed by atoms with Gasteiger partial charge in [0, 0.05) is 6.54 Å². The summed E-state index contributed by atoms with van der Waals surface area (Å²) in [5.41, 5.74) is 3.01. The molecule has 1 aromatic carbocycles. The molecule has 0 unspecified atom stereocenters. The molecule has 0 atom stereocenters. The van der Waals surface area contributed by atoms with Gasteiger partial charge in [0.2, 0.25) is 0 Å². The highest BCUT2D eigenvalue weighted by atomic mass is 15.1. The Kier molecular flexibility index (Phi) is 5.04. The smallest absolute Gasteiger partial charge is 0.000439 e. The molecule has 0 amide bonds. The molecule has 1 aliphatic heterocycles. The van der Waals surface area contributed by atoms with Crippen molar-refractivity contribution in [2.75, 3.05) is 19.6 Å². The first-order valence-corrected chi connectivity index (χ1v) is 7.88. The van der Waals surface area contributed by atoms with E-state index in [0.29, 0.717) is 5.92 Å². The Morgan fingerprint density at radius 1 is 1.00 bits per heavy atom. The zero-order valence-corrected chi connectivity index (χ0v) is 13.0. The average Bonchev–Trinajstić information content (AvgIpc) is 2.39. The lowest BCUT2D eigenvalue weighted by Gasteiger charge is -2.33. The first-order chi connectivity index (χ1) is 9.06. The van der Waals surface area contributed by atoms with Crippen LogP contribution < -0.4 is 0 Å². The fourth-order valence-corrected chi connectivity index (χ4v) is 3.12. The minimum absolute atomic E-state index is 0.641. The van der Waals surface area contributed by atoms with E-state index in [1.165, 1.54) is 38.0 Å². The lowest BCUT2D eigenvalue weighted by Crippen LogP contribution is -2.35. The Morgan fingerprint density at radius 2 is 1.58 bits per heavy atom. The van der Waals surface area contributed by atoms with Gasteiger partial charge in [0.1, 0.15) is 0 Å². The fraction of sp³-hybridized carbons (Fsp3) is 0.667. The van der Waals surface area contributed by atoms with E-state index in [4.69, 9.17) is 0 Å². The first-order valence-electron chi connectivity index (χ1n) is 7.88. The van der Waals surface area contributed by atoms with Crippen LogP contribution in [0.2, 0.25) is 0 Å². The summed E-state index contributed by atoms with van der Waals surface area (Å²) >= 11 is 0. The van der Waals surface area contributed by atoms with Crippen LogP contribution in [0.5, 0.6) is 0 Å². The number of hydrogen-bond donors (Lipinski definition) is 0. The number of hydrogen-bond acceptors (Lipinski definition) is 1. The third-order valence-corrected chi connectivity index (χ3v) is 4.29. The fourth-order valence-electron chi connectivity index (χ4n) is 3.12. The number of nitrogens with zero attached hydrogens (tertiary/aromatic N) is 1. The molecule has 0 spiro atoms. The van der Waals surface area contributed by atoms with E-state index in [1.807, 2.05) is 0 Å². The highest BCUT2D eigenvalue weighted by Gasteiger charge is 2.20. The van der Waals surface area contributed by atoms with Crippen molar-refractivity contribution < 1.29 is 0 Å². The van der Waals surface area contributed by atoms with Crippen molar-refractivity contribution in [3.8, 4) is 0 Å². The number of likely N-dealkylation sites (tertiary alicyclic amines) is 1. The maximum atomic E-state index is 2.63. The van der Waals surface area contributed by atoms with Gasteiger partial charge < -0.3 is 4.90 Å². The second kappa shape index (κ2) is 6.56. The van der Waals surface area contributed by atoms with Crippen molar-refractivity contribution in [1.82, 2.24) is 4.90 Å². The van der Waals surface area contributed by atoms with E-state index >= 15 is 0 Å². The van der Waals surface area contributed by atoms with E-state index in [-0.39, 0.29) is 0 Å². The molecule has 0 aromatic heterocycles. The zero-order valence-electron chi connectivity index (χ0n) is 13.0. The van der Waals surface area contributed by atoms with Gasteiger partial charge >= 0.3 is 0 Å². The Morgan fingerprint density at radius 3 is 2.05 bits per heavy atom. The Balaban J connectivity index is 1.90. The van der Waals surface area contributed by atoms with Gasteiger partial charge in [0.25, 0.3) is 0 Å². The summed E-state index contributed by atoms with van der Waals surface area (Å²) in [7, 11) is 0. The highest BCUT2D eigenvalue weighted by Crippen LogP contribution is 2.29. The molecule has 0 N–H and O–H groups in total. The molecule has 0 saturated carbocycles.